The lowest BCUT2D eigenvalue weighted by molar-refractivity contribution is 0.660. The Bertz CT molecular complexity index is 7550. The average Bonchev–Trinajstić information content (AvgIpc) is 1.55. The number of para-hydroxylation sites is 4. The predicted molar refractivity (Wildman–Crippen MR) is 465 cm³/mol. The lowest BCUT2D eigenvalue weighted by atomic mass is 9.82. The van der Waals surface area contributed by atoms with Gasteiger partial charge in [-0.3, -0.25) is 0 Å². The van der Waals surface area contributed by atoms with E-state index in [-0.39, 0.29) is 10.8 Å². The van der Waals surface area contributed by atoms with E-state index in [2.05, 4.69) is 386 Å². The Kier molecular flexibility index (Phi) is 13.7. The van der Waals surface area contributed by atoms with Crippen molar-refractivity contribution in [3.05, 3.63) is 380 Å². The largest absolute Gasteiger partial charge is 0.309 e. The highest BCUT2D eigenvalue weighted by Crippen LogP contribution is 2.52. The molecule has 0 unspecified atom stereocenters. The van der Waals surface area contributed by atoms with Gasteiger partial charge in [0, 0.05) is 93.4 Å². The van der Waals surface area contributed by atoms with Crippen LogP contribution in [0, 0.1) is 0 Å². The number of hydrogen-bond acceptors (Lipinski definition) is 3. The van der Waals surface area contributed by atoms with Crippen LogP contribution in [0.3, 0.4) is 0 Å². The van der Waals surface area contributed by atoms with Crippen LogP contribution in [0.2, 0.25) is 0 Å². The van der Waals surface area contributed by atoms with Crippen LogP contribution < -0.4 is 0 Å². The minimum atomic E-state index is -0.0984. The molecule has 0 amide bonds. The van der Waals surface area contributed by atoms with Gasteiger partial charge in [0.25, 0.3) is 0 Å². The number of fused-ring (bicyclic) bond motifs is 18. The Morgan fingerprint density at radius 2 is 0.455 bits per heavy atom. The van der Waals surface area contributed by atoms with E-state index < -0.39 is 0 Å². The summed E-state index contributed by atoms with van der Waals surface area (Å²) in [5, 5.41) is 9.77. The number of benzene rings is 16. The molecule has 0 spiro atoms. The predicted octanol–water partition coefficient (Wildman–Crippen LogP) is 26.9. The monoisotopic (exact) mass is 1430 g/mol. The molecule has 0 saturated carbocycles. The molecule has 0 N–H and O–H groups in total. The third-order valence-corrected chi connectivity index (χ3v) is 24.6. The van der Waals surface area contributed by atoms with Crippen LogP contribution in [-0.2, 0) is 10.8 Å². The van der Waals surface area contributed by atoms with E-state index in [4.69, 9.17) is 15.0 Å². The first kappa shape index (κ1) is 63.8. The summed E-state index contributed by atoms with van der Waals surface area (Å²) in [6.07, 6.45) is 0. The highest BCUT2D eigenvalue weighted by Gasteiger charge is 2.37. The maximum absolute atomic E-state index is 5.26. The first-order chi connectivity index (χ1) is 55.0. The Morgan fingerprint density at radius 3 is 0.866 bits per heavy atom. The maximum atomic E-state index is 5.26. The molecule has 2 aliphatic rings. The van der Waals surface area contributed by atoms with Crippen LogP contribution in [-0.4, -0.2) is 33.2 Å². The van der Waals surface area contributed by atoms with Crippen molar-refractivity contribution in [2.24, 2.45) is 0 Å². The Hall–Kier alpha value is -14.3. The topological polar surface area (TPSA) is 58.4 Å². The van der Waals surface area contributed by atoms with E-state index in [9.17, 15) is 0 Å². The SMILES string of the molecule is CC1(C)c2ccccc2-c2ccc(-n3c4ccccc4c4cc(-c5ccc6c(c5)c5ccccc5n6-c5ccc(-c6nc(-c7ccccc7)nc(-c7ccc(-c8cccc(-n9c%10ccccc%10c%10cc(-c%11ccc%12c(c%11)c%11ccccc%11n%12-c%11ccc%12c(c%11)C(C)(C)c%11ccccc%11-%12)ccc%109)c8)cc7)n6)cc5)ccc43)cc21. The van der Waals surface area contributed by atoms with Crippen LogP contribution >= 0.6 is 0 Å². The van der Waals surface area contributed by atoms with Gasteiger partial charge < -0.3 is 18.3 Å². The van der Waals surface area contributed by atoms with Crippen LogP contribution in [0.15, 0.2) is 358 Å². The van der Waals surface area contributed by atoms with Gasteiger partial charge in [-0.25, -0.2) is 15.0 Å². The second-order valence-electron chi connectivity index (χ2n) is 31.5. The lowest BCUT2D eigenvalue weighted by Crippen LogP contribution is -2.15. The van der Waals surface area contributed by atoms with Gasteiger partial charge in [0.15, 0.2) is 17.5 Å². The molecule has 2 aliphatic carbocycles. The van der Waals surface area contributed by atoms with Crippen molar-refractivity contribution in [3.8, 4) is 113 Å². The van der Waals surface area contributed by atoms with Crippen molar-refractivity contribution in [2.45, 2.75) is 38.5 Å². The average molecular weight is 1430 g/mol. The molecule has 21 aromatic rings. The molecular weight excluding hydrogens is 1360 g/mol. The minimum absolute atomic E-state index is 0.0966. The van der Waals surface area contributed by atoms with Crippen molar-refractivity contribution in [1.82, 2.24) is 33.2 Å². The Balaban J connectivity index is 0.546. The summed E-state index contributed by atoms with van der Waals surface area (Å²) < 4.78 is 9.71. The third kappa shape index (κ3) is 9.56. The Morgan fingerprint density at radius 1 is 0.179 bits per heavy atom. The van der Waals surface area contributed by atoms with Crippen molar-refractivity contribution < 1.29 is 0 Å². The van der Waals surface area contributed by atoms with Gasteiger partial charge in [0.05, 0.1) is 44.1 Å². The Labute approximate surface area is 647 Å². The summed E-state index contributed by atoms with van der Waals surface area (Å²) in [6, 6.07) is 132. The van der Waals surface area contributed by atoms with Gasteiger partial charge in [-0.2, -0.15) is 0 Å². The number of aromatic nitrogens is 7. The molecular formula is C105H71N7. The third-order valence-electron chi connectivity index (χ3n) is 24.6. The standard InChI is InChI=1S/C105H71N7/c1-104(2)89-31-14-8-25-77(89)79-51-49-75(62-91(79)104)111-95-35-18-12-29-83(95)87-60-71(45-55-99(87)111)69-43-53-97-85(58-69)81-27-10-16-33-93(81)109(97)73-47-41-67(42-48-73)103-107-101(65-21-6-5-7-22-65)106-102(108-103)66-39-37-64(38-40-66)68-23-20-24-74(57-68)110-94-34-17-11-28-82(94)86-59-70(44-54-98(86)110)72-46-56-100-88(61-72)84-30-13-19-36-96(84)112(100)76-50-52-80-78-26-9-15-32-90(78)105(3,4)92(80)63-76/h5-63H,1-4H3. The highest BCUT2D eigenvalue weighted by atomic mass is 15.0. The molecule has 7 nitrogen and oxygen atoms in total. The fraction of sp³-hybridized carbons (Fsp3) is 0.0571. The van der Waals surface area contributed by atoms with Gasteiger partial charge in [-0.15, -0.1) is 0 Å². The number of rotatable bonds is 10. The van der Waals surface area contributed by atoms with Crippen molar-refractivity contribution in [3.63, 3.8) is 0 Å². The molecule has 5 heterocycles. The molecule has 23 rings (SSSR count). The van der Waals surface area contributed by atoms with Crippen LogP contribution in [0.5, 0.6) is 0 Å². The molecule has 0 aliphatic heterocycles. The zero-order chi connectivity index (χ0) is 74.2. The van der Waals surface area contributed by atoms with Gasteiger partial charge in [-0.05, 0) is 211 Å². The summed E-state index contributed by atoms with van der Waals surface area (Å²) in [4.78, 5) is 15.6. The first-order valence-corrected chi connectivity index (χ1v) is 38.8. The summed E-state index contributed by atoms with van der Waals surface area (Å²) in [5.74, 6) is 1.82. The fourth-order valence-corrected chi connectivity index (χ4v) is 19.1. The maximum Gasteiger partial charge on any atom is 0.164 e. The number of hydrogen-bond donors (Lipinski definition) is 0. The molecule has 526 valence electrons. The number of nitrogens with zero attached hydrogens (tertiary/aromatic N) is 7. The molecule has 0 radical (unpaired) electrons. The zero-order valence-corrected chi connectivity index (χ0v) is 62.2. The van der Waals surface area contributed by atoms with Gasteiger partial charge >= 0.3 is 0 Å². The highest BCUT2D eigenvalue weighted by molar-refractivity contribution is 6.15. The van der Waals surface area contributed by atoms with E-state index >= 15 is 0 Å². The fourth-order valence-electron chi connectivity index (χ4n) is 19.1. The normalized spacial score (nSPS) is 13.3. The molecule has 7 heteroatoms. The molecule has 0 bridgehead atoms. The lowest BCUT2D eigenvalue weighted by Gasteiger charge is -2.22. The molecule has 5 aromatic heterocycles. The van der Waals surface area contributed by atoms with E-state index in [1.54, 1.807) is 0 Å². The van der Waals surface area contributed by atoms with Gasteiger partial charge in [0.1, 0.15) is 0 Å². The first-order valence-electron chi connectivity index (χ1n) is 38.8. The smallest absolute Gasteiger partial charge is 0.164 e. The molecule has 0 saturated heterocycles. The van der Waals surface area contributed by atoms with E-state index in [1.165, 1.54) is 143 Å². The van der Waals surface area contributed by atoms with Crippen molar-refractivity contribution in [2.75, 3.05) is 0 Å². The second-order valence-corrected chi connectivity index (χ2v) is 31.5. The van der Waals surface area contributed by atoms with Gasteiger partial charge in [-0.1, -0.05) is 252 Å². The second kappa shape index (κ2) is 24.1. The quantitative estimate of drug-likeness (QED) is 0.137. The molecule has 0 atom stereocenters. The minimum Gasteiger partial charge on any atom is -0.309 e. The van der Waals surface area contributed by atoms with Crippen molar-refractivity contribution in [1.29, 1.82) is 0 Å². The summed E-state index contributed by atoms with van der Waals surface area (Å²) >= 11 is 0. The van der Waals surface area contributed by atoms with E-state index in [1.807, 2.05) is 18.2 Å². The molecule has 0 fully saturated rings. The van der Waals surface area contributed by atoms with E-state index in [0.29, 0.717) is 17.5 Å². The van der Waals surface area contributed by atoms with Crippen LogP contribution in [0.25, 0.3) is 200 Å². The molecule has 16 aromatic carbocycles. The molecule has 112 heavy (non-hydrogen) atoms. The zero-order valence-electron chi connectivity index (χ0n) is 62.2. The van der Waals surface area contributed by atoms with E-state index in [0.717, 1.165) is 61.3 Å². The van der Waals surface area contributed by atoms with Gasteiger partial charge in [0.2, 0.25) is 0 Å². The van der Waals surface area contributed by atoms with Crippen LogP contribution in [0.4, 0.5) is 0 Å². The van der Waals surface area contributed by atoms with Crippen molar-refractivity contribution >= 4 is 87.2 Å². The summed E-state index contributed by atoms with van der Waals surface area (Å²) in [5.41, 5.74) is 34.2. The van der Waals surface area contributed by atoms with Crippen LogP contribution in [0.1, 0.15) is 49.9 Å². The summed E-state index contributed by atoms with van der Waals surface area (Å²) in [6.45, 7) is 9.44. The summed E-state index contributed by atoms with van der Waals surface area (Å²) in [7, 11) is 0.